The molecule has 0 bridgehead atoms. The topological polar surface area (TPSA) is 114 Å². The summed E-state index contributed by atoms with van der Waals surface area (Å²) < 4.78 is 4.53. The number of H-pyrrole nitrogens is 1. The molecule has 2 aromatic heterocycles. The third kappa shape index (κ3) is 1.97. The van der Waals surface area contributed by atoms with Crippen LogP contribution in [0.15, 0.2) is 51.9 Å². The van der Waals surface area contributed by atoms with Crippen LogP contribution in [0.4, 0.5) is 11.5 Å². The number of nitrogens with zero attached hydrogens (tertiary/aromatic N) is 3. The van der Waals surface area contributed by atoms with E-state index >= 15 is 0 Å². The number of rotatable bonds is 2. The Balaban J connectivity index is 1.57. The van der Waals surface area contributed by atoms with Gasteiger partial charge in [0.05, 0.1) is 0 Å². The van der Waals surface area contributed by atoms with E-state index in [4.69, 9.17) is 0 Å². The first-order valence-corrected chi connectivity index (χ1v) is 7.48. The molecule has 2 N–H and O–H groups in total. The number of aromatic nitrogens is 4. The van der Waals surface area contributed by atoms with Crippen LogP contribution in [0.1, 0.15) is 15.9 Å². The van der Waals surface area contributed by atoms with Crippen LogP contribution in [-0.2, 0) is 0 Å². The number of aromatic amines is 1. The van der Waals surface area contributed by atoms with Crippen molar-refractivity contribution in [2.75, 3.05) is 5.32 Å². The van der Waals surface area contributed by atoms with Crippen LogP contribution in [0.5, 0.6) is 0 Å². The maximum Gasteiger partial charge on any atom is 0.292 e. The molecule has 0 spiro atoms. The molecule has 0 amide bonds. The van der Waals surface area contributed by atoms with Crippen molar-refractivity contribution in [2.45, 2.75) is 0 Å². The fourth-order valence-corrected chi connectivity index (χ4v) is 2.99. The zero-order valence-corrected chi connectivity index (χ0v) is 12.6. The monoisotopic (exact) mass is 331 g/mol. The van der Waals surface area contributed by atoms with Gasteiger partial charge in [0.2, 0.25) is 11.3 Å². The van der Waals surface area contributed by atoms with Gasteiger partial charge in [0.1, 0.15) is 0 Å². The minimum atomic E-state index is -0.460. The Hall–Kier alpha value is -3.81. The number of carbonyl (C=O) groups is 1. The molecule has 120 valence electrons. The van der Waals surface area contributed by atoms with Gasteiger partial charge >= 0.3 is 0 Å². The summed E-state index contributed by atoms with van der Waals surface area (Å²) in [6.07, 6.45) is 0. The lowest BCUT2D eigenvalue weighted by atomic mass is 10.1. The van der Waals surface area contributed by atoms with Crippen molar-refractivity contribution in [1.82, 2.24) is 20.3 Å². The van der Waals surface area contributed by atoms with Crippen LogP contribution in [0.25, 0.3) is 22.4 Å². The van der Waals surface area contributed by atoms with Crippen molar-refractivity contribution in [3.63, 3.8) is 0 Å². The Bertz CT molecular complexity index is 1220. The largest absolute Gasteiger partial charge is 0.336 e. The van der Waals surface area contributed by atoms with Crippen LogP contribution in [0.3, 0.4) is 0 Å². The Morgan fingerprint density at radius 1 is 0.920 bits per heavy atom. The first kappa shape index (κ1) is 13.6. The summed E-state index contributed by atoms with van der Waals surface area (Å²) in [5.74, 6) is 0.0124. The highest BCUT2D eigenvalue weighted by molar-refractivity contribution is 6.22. The van der Waals surface area contributed by atoms with Gasteiger partial charge in [-0.15, -0.1) is 0 Å². The quantitative estimate of drug-likeness (QED) is 0.510. The molecule has 0 saturated carbocycles. The SMILES string of the molecule is O=C1c2ccccc2-c2ccc(Nc3nc4nonc4[nH]c3=O)cc21. The first-order valence-electron chi connectivity index (χ1n) is 7.48. The molecule has 2 aromatic carbocycles. The van der Waals surface area contributed by atoms with Gasteiger partial charge < -0.3 is 5.32 Å². The van der Waals surface area contributed by atoms with Gasteiger partial charge in [-0.25, -0.2) is 4.63 Å². The van der Waals surface area contributed by atoms with Crippen LogP contribution >= 0.6 is 0 Å². The Morgan fingerprint density at radius 2 is 1.72 bits per heavy atom. The second-order valence-electron chi connectivity index (χ2n) is 5.61. The summed E-state index contributed by atoms with van der Waals surface area (Å²) in [5.41, 5.74) is 3.55. The summed E-state index contributed by atoms with van der Waals surface area (Å²) in [4.78, 5) is 31.2. The van der Waals surface area contributed by atoms with E-state index in [0.29, 0.717) is 16.8 Å². The van der Waals surface area contributed by atoms with E-state index in [0.717, 1.165) is 11.1 Å². The molecule has 0 atom stereocenters. The number of nitrogens with one attached hydrogen (secondary N) is 2. The number of ketones is 1. The average molecular weight is 331 g/mol. The zero-order chi connectivity index (χ0) is 17.0. The van der Waals surface area contributed by atoms with Crippen LogP contribution in [0, 0.1) is 0 Å². The predicted molar refractivity (Wildman–Crippen MR) is 88.8 cm³/mol. The summed E-state index contributed by atoms with van der Waals surface area (Å²) in [6, 6.07) is 12.8. The number of benzene rings is 2. The molecular weight excluding hydrogens is 322 g/mol. The molecule has 2 heterocycles. The molecule has 8 nitrogen and oxygen atoms in total. The van der Waals surface area contributed by atoms with Gasteiger partial charge in [-0.2, -0.15) is 4.98 Å². The van der Waals surface area contributed by atoms with Gasteiger partial charge in [0.25, 0.3) is 5.56 Å². The zero-order valence-electron chi connectivity index (χ0n) is 12.6. The summed E-state index contributed by atoms with van der Waals surface area (Å²) in [7, 11) is 0. The van der Waals surface area contributed by atoms with Crippen molar-refractivity contribution in [1.29, 1.82) is 0 Å². The molecular formula is C17H9N5O3. The van der Waals surface area contributed by atoms with Crippen molar-refractivity contribution in [3.05, 3.63) is 63.9 Å². The molecule has 5 rings (SSSR count). The predicted octanol–water partition coefficient (Wildman–Crippen LogP) is 2.26. The second-order valence-corrected chi connectivity index (χ2v) is 5.61. The molecule has 4 aromatic rings. The van der Waals surface area contributed by atoms with Gasteiger partial charge in [-0.3, -0.25) is 14.6 Å². The van der Waals surface area contributed by atoms with E-state index in [2.05, 4.69) is 30.2 Å². The van der Waals surface area contributed by atoms with E-state index in [1.54, 1.807) is 12.1 Å². The lowest BCUT2D eigenvalue weighted by Gasteiger charge is -2.06. The highest BCUT2D eigenvalue weighted by atomic mass is 16.6. The molecule has 0 radical (unpaired) electrons. The smallest absolute Gasteiger partial charge is 0.292 e. The molecule has 0 fully saturated rings. The number of hydrogen-bond donors (Lipinski definition) is 2. The normalized spacial score (nSPS) is 12.2. The molecule has 0 saturated heterocycles. The van der Waals surface area contributed by atoms with Crippen molar-refractivity contribution >= 4 is 28.6 Å². The lowest BCUT2D eigenvalue weighted by molar-refractivity contribution is 0.104. The number of carbonyl (C=O) groups excluding carboxylic acids is 1. The van der Waals surface area contributed by atoms with Crippen LogP contribution < -0.4 is 10.9 Å². The number of fused-ring (bicyclic) bond motifs is 4. The first-order chi connectivity index (χ1) is 12.2. The van der Waals surface area contributed by atoms with Crippen LogP contribution in [-0.4, -0.2) is 26.1 Å². The highest BCUT2D eigenvalue weighted by Gasteiger charge is 2.26. The molecule has 8 heteroatoms. The minimum Gasteiger partial charge on any atom is -0.336 e. The average Bonchev–Trinajstić information content (AvgIpc) is 3.19. The summed E-state index contributed by atoms with van der Waals surface area (Å²) in [5, 5.41) is 10.0. The maximum atomic E-state index is 12.6. The minimum absolute atomic E-state index is 0.0349. The third-order valence-electron chi connectivity index (χ3n) is 4.12. The van der Waals surface area contributed by atoms with Gasteiger partial charge in [0, 0.05) is 16.8 Å². The van der Waals surface area contributed by atoms with E-state index < -0.39 is 5.56 Å². The van der Waals surface area contributed by atoms with E-state index in [1.165, 1.54) is 0 Å². The van der Waals surface area contributed by atoms with Gasteiger partial charge in [-0.05, 0) is 33.6 Å². The van der Waals surface area contributed by atoms with Gasteiger partial charge in [0.15, 0.2) is 11.6 Å². The van der Waals surface area contributed by atoms with E-state index in [1.807, 2.05) is 30.3 Å². The summed E-state index contributed by atoms with van der Waals surface area (Å²) >= 11 is 0. The Kier molecular flexibility index (Phi) is 2.64. The number of hydrogen-bond acceptors (Lipinski definition) is 7. The Labute approximate surface area is 139 Å². The molecule has 25 heavy (non-hydrogen) atoms. The standard InChI is InChI=1S/C17H9N5O3/c23-13-11-4-2-1-3-9(11)10-6-5-8(7-12(10)13)18-16-17(24)20-15-14(19-16)21-25-22-15/h1-7H,(H,18,19,21)(H,20,22,24). The van der Waals surface area contributed by atoms with E-state index in [-0.39, 0.29) is 22.9 Å². The third-order valence-corrected chi connectivity index (χ3v) is 4.12. The fourth-order valence-electron chi connectivity index (χ4n) is 2.99. The number of anilines is 2. The molecule has 1 aliphatic rings. The van der Waals surface area contributed by atoms with Gasteiger partial charge in [-0.1, -0.05) is 30.3 Å². The second kappa shape index (κ2) is 4.84. The fraction of sp³-hybridized carbons (Fsp3) is 0. The molecule has 1 aliphatic carbocycles. The van der Waals surface area contributed by atoms with Crippen LogP contribution in [0.2, 0.25) is 0 Å². The van der Waals surface area contributed by atoms with Crippen molar-refractivity contribution in [2.24, 2.45) is 0 Å². The highest BCUT2D eigenvalue weighted by Crippen LogP contribution is 2.37. The van der Waals surface area contributed by atoms with E-state index in [9.17, 15) is 9.59 Å². The molecule has 0 unspecified atom stereocenters. The van der Waals surface area contributed by atoms with Crippen molar-refractivity contribution < 1.29 is 9.42 Å². The Morgan fingerprint density at radius 3 is 2.60 bits per heavy atom. The van der Waals surface area contributed by atoms with Crippen molar-refractivity contribution in [3.8, 4) is 11.1 Å². The maximum absolute atomic E-state index is 12.6. The molecule has 0 aliphatic heterocycles. The lowest BCUT2D eigenvalue weighted by Crippen LogP contribution is -2.14. The summed E-state index contributed by atoms with van der Waals surface area (Å²) in [6.45, 7) is 0.